The molecule has 4 N–H and O–H groups in total. The predicted molar refractivity (Wildman–Crippen MR) is 157 cm³/mol. The first-order chi connectivity index (χ1) is 19.7. The van der Waals surface area contributed by atoms with E-state index in [1.165, 1.54) is 24.3 Å². The van der Waals surface area contributed by atoms with E-state index in [-0.39, 0.29) is 11.3 Å². The molecule has 0 bridgehead atoms. The van der Waals surface area contributed by atoms with E-state index in [9.17, 15) is 22.0 Å². The van der Waals surface area contributed by atoms with Crippen LogP contribution in [-0.2, 0) is 25.9 Å². The van der Waals surface area contributed by atoms with Gasteiger partial charge < -0.3 is 19.8 Å². The Labute approximate surface area is 244 Å². The summed E-state index contributed by atoms with van der Waals surface area (Å²) in [6.07, 6.45) is 0.966. The number of fused-ring (bicyclic) bond motifs is 1. The number of hydrogen-bond acceptors (Lipinski definition) is 6. The highest BCUT2D eigenvalue weighted by molar-refractivity contribution is 7.89. The third kappa shape index (κ3) is 9.33. The van der Waals surface area contributed by atoms with Crippen molar-refractivity contribution in [3.05, 3.63) is 83.7 Å². The smallest absolute Gasteiger partial charge is 0.408 e. The number of ether oxygens (including phenoxy) is 2. The Morgan fingerprint density at radius 3 is 2.17 bits per heavy atom. The van der Waals surface area contributed by atoms with E-state index in [4.69, 9.17) is 19.6 Å². The van der Waals surface area contributed by atoms with Gasteiger partial charge >= 0.3 is 6.09 Å². The van der Waals surface area contributed by atoms with Crippen LogP contribution in [-0.4, -0.2) is 43.3 Å². The summed E-state index contributed by atoms with van der Waals surface area (Å²) in [5, 5.41) is 8.02. The zero-order valence-electron chi connectivity index (χ0n) is 24.2. The lowest BCUT2D eigenvalue weighted by atomic mass is 9.95. The summed E-state index contributed by atoms with van der Waals surface area (Å²) in [6.45, 7) is 10.8. The third-order valence-electron chi connectivity index (χ3n) is 5.85. The van der Waals surface area contributed by atoms with Crippen molar-refractivity contribution < 1.29 is 31.5 Å². The molecule has 0 spiro atoms. The lowest BCUT2D eigenvalue weighted by molar-refractivity contribution is 0.0502. The summed E-state index contributed by atoms with van der Waals surface area (Å²) >= 11 is 0. The van der Waals surface area contributed by atoms with Gasteiger partial charge in [-0.1, -0.05) is 12.1 Å². The minimum Gasteiger partial charge on any atom is -0.444 e. The molecule has 0 fully saturated rings. The molecule has 0 aliphatic rings. The molecule has 0 unspecified atom stereocenters. The number of sulfonamides is 1. The summed E-state index contributed by atoms with van der Waals surface area (Å²) in [6, 6.07) is 11.7. The number of aromatic amines is 1. The number of hydrogen-bond donors (Lipinski definition) is 3. The molecular weight excluding hydrogens is 566 g/mol. The SMILES string of the molecule is CC(C)(C)OC(=O)N[C@@H](Cc1cc(F)cc(F)c1)c1nc2cc[nH]c2cc1-c1ccc(S(N)(=O)=O)cc1.CCOCC. The zero-order chi connectivity index (χ0) is 31.1. The van der Waals surface area contributed by atoms with Gasteiger partial charge in [0, 0.05) is 31.0 Å². The van der Waals surface area contributed by atoms with Gasteiger partial charge in [-0.05, 0) is 88.6 Å². The van der Waals surface area contributed by atoms with E-state index < -0.39 is 39.4 Å². The van der Waals surface area contributed by atoms with Crippen LogP contribution in [0.4, 0.5) is 13.6 Å². The molecule has 0 aliphatic carbocycles. The zero-order valence-corrected chi connectivity index (χ0v) is 25.0. The number of halogens is 2. The van der Waals surface area contributed by atoms with E-state index in [1.54, 1.807) is 51.2 Å². The van der Waals surface area contributed by atoms with Crippen molar-refractivity contribution in [1.29, 1.82) is 0 Å². The maximum atomic E-state index is 14.0. The highest BCUT2D eigenvalue weighted by Gasteiger charge is 2.25. The lowest BCUT2D eigenvalue weighted by Gasteiger charge is -2.25. The second kappa shape index (κ2) is 13.9. The van der Waals surface area contributed by atoms with Crippen molar-refractivity contribution >= 4 is 27.1 Å². The number of nitrogens with two attached hydrogens (primary N) is 1. The van der Waals surface area contributed by atoms with Crippen molar-refractivity contribution in [3.63, 3.8) is 0 Å². The Morgan fingerprint density at radius 1 is 1.02 bits per heavy atom. The molecule has 226 valence electrons. The second-order valence-electron chi connectivity index (χ2n) is 10.4. The standard InChI is InChI=1S/C26H26F2N4O4S.C4H10O/c1-26(2,3)36-25(33)32-23(12-15-10-17(27)13-18(28)11-15)24-20(14-22-21(31-24)8-9-30-22)16-4-6-19(7-5-16)37(29,34)35;1-3-5-4-2/h4-11,13-14,23,30H,12H2,1-3H3,(H,32,33)(H2,29,34,35);3-4H2,1-2H3/t23-;/m0./s1. The third-order valence-corrected chi connectivity index (χ3v) is 6.78. The highest BCUT2D eigenvalue weighted by Crippen LogP contribution is 2.33. The van der Waals surface area contributed by atoms with Crippen LogP contribution < -0.4 is 10.5 Å². The quantitative estimate of drug-likeness (QED) is 0.226. The number of nitrogens with zero attached hydrogens (tertiary/aromatic N) is 1. The molecule has 0 saturated heterocycles. The number of carbonyl (C=O) groups excluding carboxylic acids is 1. The fraction of sp³-hybridized carbons (Fsp3) is 0.333. The number of nitrogens with one attached hydrogen (secondary N) is 2. The number of pyridine rings is 1. The van der Waals surface area contributed by atoms with Crippen LogP contribution in [0.2, 0.25) is 0 Å². The molecule has 9 nitrogen and oxygen atoms in total. The summed E-state index contributed by atoms with van der Waals surface area (Å²) in [4.78, 5) is 20.5. The van der Waals surface area contributed by atoms with Gasteiger partial charge in [0.15, 0.2) is 0 Å². The first kappa shape index (κ1) is 32.6. The summed E-state index contributed by atoms with van der Waals surface area (Å²) in [5.74, 6) is -1.50. The summed E-state index contributed by atoms with van der Waals surface area (Å²) in [7, 11) is -3.90. The average molecular weight is 603 g/mol. The van der Waals surface area contributed by atoms with Crippen LogP contribution in [0.25, 0.3) is 22.2 Å². The van der Waals surface area contributed by atoms with Gasteiger partial charge in [0.2, 0.25) is 10.0 Å². The summed E-state index contributed by atoms with van der Waals surface area (Å²) in [5.41, 5.74) is 2.35. The molecule has 4 rings (SSSR count). The predicted octanol–water partition coefficient (Wildman–Crippen LogP) is 6.01. The van der Waals surface area contributed by atoms with E-state index in [2.05, 4.69) is 10.3 Å². The van der Waals surface area contributed by atoms with E-state index in [0.717, 1.165) is 19.3 Å². The largest absolute Gasteiger partial charge is 0.444 e. The number of alkyl carbamates (subject to hydrolysis) is 1. The number of carbonyl (C=O) groups is 1. The maximum absolute atomic E-state index is 14.0. The molecule has 1 atom stereocenters. The van der Waals surface area contributed by atoms with Gasteiger partial charge in [0.25, 0.3) is 0 Å². The van der Waals surface area contributed by atoms with Gasteiger partial charge in [0.05, 0.1) is 27.7 Å². The van der Waals surface area contributed by atoms with Crippen LogP contribution in [0, 0.1) is 11.6 Å². The number of primary sulfonamides is 1. The Hall–Kier alpha value is -3.87. The molecule has 0 saturated carbocycles. The van der Waals surface area contributed by atoms with Crippen molar-refractivity contribution in [1.82, 2.24) is 15.3 Å². The van der Waals surface area contributed by atoms with Crippen molar-refractivity contribution in [2.24, 2.45) is 5.14 Å². The van der Waals surface area contributed by atoms with Crippen molar-refractivity contribution in [2.45, 2.75) is 57.6 Å². The number of H-pyrrole nitrogens is 1. The molecule has 12 heteroatoms. The molecule has 0 radical (unpaired) electrons. The Morgan fingerprint density at radius 2 is 1.64 bits per heavy atom. The van der Waals surface area contributed by atoms with Crippen molar-refractivity contribution in [3.8, 4) is 11.1 Å². The van der Waals surface area contributed by atoms with Gasteiger partial charge in [0.1, 0.15) is 17.2 Å². The average Bonchev–Trinajstić information content (AvgIpc) is 3.34. The monoisotopic (exact) mass is 602 g/mol. The fourth-order valence-electron chi connectivity index (χ4n) is 4.15. The number of rotatable bonds is 8. The Kier molecular flexibility index (Phi) is 10.8. The molecule has 42 heavy (non-hydrogen) atoms. The Bertz CT molecular complexity index is 1590. The van der Waals surface area contributed by atoms with Gasteiger partial charge in [-0.3, -0.25) is 0 Å². The van der Waals surface area contributed by atoms with Crippen LogP contribution in [0.1, 0.15) is 51.9 Å². The molecule has 2 heterocycles. The molecule has 0 aliphatic heterocycles. The van der Waals surface area contributed by atoms with Crippen LogP contribution in [0.15, 0.2) is 65.7 Å². The fourth-order valence-corrected chi connectivity index (χ4v) is 4.67. The van der Waals surface area contributed by atoms with Gasteiger partial charge in [-0.2, -0.15) is 0 Å². The topological polar surface area (TPSA) is 136 Å². The first-order valence-corrected chi connectivity index (χ1v) is 14.9. The number of benzene rings is 2. The van der Waals surface area contributed by atoms with Crippen LogP contribution >= 0.6 is 0 Å². The molecule has 4 aromatic rings. The molecule has 2 aromatic carbocycles. The van der Waals surface area contributed by atoms with E-state index in [0.29, 0.717) is 33.4 Å². The molecule has 1 amide bonds. The van der Waals surface area contributed by atoms with E-state index >= 15 is 0 Å². The van der Waals surface area contributed by atoms with Crippen molar-refractivity contribution in [2.75, 3.05) is 13.2 Å². The summed E-state index contributed by atoms with van der Waals surface area (Å²) < 4.78 is 61.7. The highest BCUT2D eigenvalue weighted by atomic mass is 32.2. The first-order valence-electron chi connectivity index (χ1n) is 13.3. The molecule has 2 aromatic heterocycles. The minimum atomic E-state index is -3.90. The normalized spacial score (nSPS) is 12.4. The molecular formula is C30H36F2N4O5S. The lowest BCUT2D eigenvalue weighted by Crippen LogP contribution is -2.36. The minimum absolute atomic E-state index is 0.000878. The second-order valence-corrected chi connectivity index (χ2v) is 11.9. The Balaban J connectivity index is 0.000000892. The van der Waals surface area contributed by atoms with Gasteiger partial charge in [-0.25, -0.2) is 32.1 Å². The van der Waals surface area contributed by atoms with Gasteiger partial charge in [-0.15, -0.1) is 0 Å². The van der Waals surface area contributed by atoms with Crippen LogP contribution in [0.3, 0.4) is 0 Å². The van der Waals surface area contributed by atoms with Crippen LogP contribution in [0.5, 0.6) is 0 Å². The van der Waals surface area contributed by atoms with E-state index in [1.807, 2.05) is 13.8 Å². The number of aromatic nitrogens is 2. The number of amides is 1. The maximum Gasteiger partial charge on any atom is 0.408 e.